The average molecular weight is 218 g/mol. The lowest BCUT2D eigenvalue weighted by Gasteiger charge is -2.26. The summed E-state index contributed by atoms with van der Waals surface area (Å²) in [5, 5.41) is 3.48. The molecule has 0 radical (unpaired) electrons. The molecule has 1 unspecified atom stereocenters. The summed E-state index contributed by atoms with van der Waals surface area (Å²) in [5.74, 6) is 0. The molecule has 0 spiro atoms. The van der Waals surface area contributed by atoms with Crippen LogP contribution in [0.5, 0.6) is 0 Å². The van der Waals surface area contributed by atoms with Crippen LogP contribution in [0.1, 0.15) is 24.5 Å². The van der Waals surface area contributed by atoms with Gasteiger partial charge >= 0.3 is 0 Å². The molecule has 16 heavy (non-hydrogen) atoms. The maximum absolute atomic E-state index is 3.48. The molecule has 1 aliphatic heterocycles. The van der Waals surface area contributed by atoms with E-state index in [2.05, 4.69) is 48.3 Å². The van der Waals surface area contributed by atoms with Crippen molar-refractivity contribution in [3.63, 3.8) is 0 Å². The summed E-state index contributed by atoms with van der Waals surface area (Å²) in [7, 11) is 0. The van der Waals surface area contributed by atoms with Crippen molar-refractivity contribution in [3.8, 4) is 0 Å². The van der Waals surface area contributed by atoms with Gasteiger partial charge in [-0.3, -0.25) is 4.90 Å². The summed E-state index contributed by atoms with van der Waals surface area (Å²) in [6.07, 6.45) is 1.26. The van der Waals surface area contributed by atoms with E-state index in [0.29, 0.717) is 6.04 Å². The zero-order valence-electron chi connectivity index (χ0n) is 10.4. The van der Waals surface area contributed by atoms with Gasteiger partial charge in [0.05, 0.1) is 0 Å². The standard InChI is InChI=1S/C14H22N2/c1-12-5-3-6-14(9-12)11-16-8-4-7-15-10-13(16)2/h3,5-6,9,13,15H,4,7-8,10-11H2,1-2H3. The Hall–Kier alpha value is -0.860. The van der Waals surface area contributed by atoms with Crippen LogP contribution in [-0.4, -0.2) is 30.6 Å². The normalized spacial score (nSPS) is 23.0. The van der Waals surface area contributed by atoms with E-state index >= 15 is 0 Å². The van der Waals surface area contributed by atoms with Gasteiger partial charge in [-0.25, -0.2) is 0 Å². The van der Waals surface area contributed by atoms with Gasteiger partial charge in [0.2, 0.25) is 0 Å². The quantitative estimate of drug-likeness (QED) is 0.818. The molecule has 88 valence electrons. The summed E-state index contributed by atoms with van der Waals surface area (Å²) in [4.78, 5) is 2.58. The van der Waals surface area contributed by atoms with Crippen molar-refractivity contribution in [2.24, 2.45) is 0 Å². The van der Waals surface area contributed by atoms with Gasteiger partial charge in [0.15, 0.2) is 0 Å². The van der Waals surface area contributed by atoms with Crippen LogP contribution < -0.4 is 5.32 Å². The molecule has 2 heteroatoms. The Morgan fingerprint density at radius 1 is 1.44 bits per heavy atom. The number of hydrogen-bond donors (Lipinski definition) is 1. The van der Waals surface area contributed by atoms with Gasteiger partial charge in [0.25, 0.3) is 0 Å². The first-order valence-electron chi connectivity index (χ1n) is 6.26. The van der Waals surface area contributed by atoms with Gasteiger partial charge in [0.1, 0.15) is 0 Å². The van der Waals surface area contributed by atoms with Crippen LogP contribution in [-0.2, 0) is 6.54 Å². The van der Waals surface area contributed by atoms with E-state index in [-0.39, 0.29) is 0 Å². The third-order valence-corrected chi connectivity index (χ3v) is 3.33. The molecule has 0 saturated carbocycles. The second-order valence-corrected chi connectivity index (χ2v) is 4.87. The number of hydrogen-bond acceptors (Lipinski definition) is 2. The van der Waals surface area contributed by atoms with E-state index in [9.17, 15) is 0 Å². The maximum atomic E-state index is 3.48. The molecule has 2 rings (SSSR count). The van der Waals surface area contributed by atoms with Crippen LogP contribution in [0, 0.1) is 6.92 Å². The van der Waals surface area contributed by atoms with Crippen LogP contribution in [0.25, 0.3) is 0 Å². The zero-order valence-corrected chi connectivity index (χ0v) is 10.4. The lowest BCUT2D eigenvalue weighted by atomic mass is 10.1. The predicted octanol–water partition coefficient (Wildman–Crippen LogP) is 2.18. The van der Waals surface area contributed by atoms with Crippen molar-refractivity contribution in [2.75, 3.05) is 19.6 Å². The van der Waals surface area contributed by atoms with E-state index in [0.717, 1.165) is 19.6 Å². The predicted molar refractivity (Wildman–Crippen MR) is 68.5 cm³/mol. The maximum Gasteiger partial charge on any atom is 0.0237 e. The fourth-order valence-corrected chi connectivity index (χ4v) is 2.35. The summed E-state index contributed by atoms with van der Waals surface area (Å²) in [5.41, 5.74) is 2.80. The van der Waals surface area contributed by atoms with E-state index in [1.807, 2.05) is 0 Å². The molecule has 1 N–H and O–H groups in total. The minimum Gasteiger partial charge on any atom is -0.315 e. The highest BCUT2D eigenvalue weighted by atomic mass is 15.2. The fourth-order valence-electron chi connectivity index (χ4n) is 2.35. The highest BCUT2D eigenvalue weighted by molar-refractivity contribution is 5.22. The first kappa shape index (κ1) is 11.6. The van der Waals surface area contributed by atoms with E-state index in [1.165, 1.54) is 24.1 Å². The molecule has 1 fully saturated rings. The number of rotatable bonds is 2. The lowest BCUT2D eigenvalue weighted by molar-refractivity contribution is 0.214. The SMILES string of the molecule is Cc1cccc(CN2CCCNCC2C)c1. The monoisotopic (exact) mass is 218 g/mol. The number of nitrogens with zero attached hydrogens (tertiary/aromatic N) is 1. The first-order chi connectivity index (χ1) is 7.75. The zero-order chi connectivity index (χ0) is 11.4. The largest absolute Gasteiger partial charge is 0.315 e. The molecule has 1 atom stereocenters. The van der Waals surface area contributed by atoms with Crippen molar-refractivity contribution >= 4 is 0 Å². The summed E-state index contributed by atoms with van der Waals surface area (Å²) >= 11 is 0. The van der Waals surface area contributed by atoms with Gasteiger partial charge in [-0.2, -0.15) is 0 Å². The molecule has 1 aliphatic rings. The molecule has 1 aromatic rings. The minimum absolute atomic E-state index is 0.642. The van der Waals surface area contributed by atoms with Crippen molar-refractivity contribution in [3.05, 3.63) is 35.4 Å². The smallest absolute Gasteiger partial charge is 0.0237 e. The summed E-state index contributed by atoms with van der Waals surface area (Å²) in [6.45, 7) is 9.05. The average Bonchev–Trinajstić information content (AvgIpc) is 2.45. The number of benzene rings is 1. The molecule has 0 amide bonds. The highest BCUT2D eigenvalue weighted by Crippen LogP contribution is 2.11. The van der Waals surface area contributed by atoms with Crippen LogP contribution in [0.2, 0.25) is 0 Å². The minimum atomic E-state index is 0.642. The first-order valence-corrected chi connectivity index (χ1v) is 6.26. The van der Waals surface area contributed by atoms with Crippen molar-refractivity contribution in [2.45, 2.75) is 32.9 Å². The van der Waals surface area contributed by atoms with Gasteiger partial charge in [-0.05, 0) is 32.4 Å². The summed E-state index contributed by atoms with van der Waals surface area (Å²) < 4.78 is 0. The Morgan fingerprint density at radius 2 is 2.31 bits per heavy atom. The number of nitrogens with one attached hydrogen (secondary N) is 1. The molecular formula is C14H22N2. The third kappa shape index (κ3) is 3.06. The Balaban J connectivity index is 2.02. The Kier molecular flexibility index (Phi) is 3.97. The molecule has 1 aromatic carbocycles. The Bertz CT molecular complexity index is 335. The molecule has 2 nitrogen and oxygen atoms in total. The fraction of sp³-hybridized carbons (Fsp3) is 0.571. The van der Waals surface area contributed by atoms with Crippen molar-refractivity contribution in [1.82, 2.24) is 10.2 Å². The van der Waals surface area contributed by atoms with Gasteiger partial charge in [-0.15, -0.1) is 0 Å². The number of aryl methyl sites for hydroxylation is 1. The summed E-state index contributed by atoms with van der Waals surface area (Å²) in [6, 6.07) is 9.49. The van der Waals surface area contributed by atoms with Crippen molar-refractivity contribution in [1.29, 1.82) is 0 Å². The molecule has 1 saturated heterocycles. The van der Waals surface area contributed by atoms with Gasteiger partial charge < -0.3 is 5.32 Å². The highest BCUT2D eigenvalue weighted by Gasteiger charge is 2.16. The molecule has 1 heterocycles. The van der Waals surface area contributed by atoms with Crippen LogP contribution >= 0.6 is 0 Å². The van der Waals surface area contributed by atoms with Crippen LogP contribution in [0.3, 0.4) is 0 Å². The molecular weight excluding hydrogens is 196 g/mol. The van der Waals surface area contributed by atoms with E-state index in [1.54, 1.807) is 0 Å². The molecule has 0 aromatic heterocycles. The van der Waals surface area contributed by atoms with Gasteiger partial charge in [0, 0.05) is 25.7 Å². The second-order valence-electron chi connectivity index (χ2n) is 4.87. The van der Waals surface area contributed by atoms with Crippen LogP contribution in [0.15, 0.2) is 24.3 Å². The van der Waals surface area contributed by atoms with E-state index < -0.39 is 0 Å². The van der Waals surface area contributed by atoms with Crippen molar-refractivity contribution < 1.29 is 0 Å². The second kappa shape index (κ2) is 5.46. The van der Waals surface area contributed by atoms with E-state index in [4.69, 9.17) is 0 Å². The third-order valence-electron chi connectivity index (χ3n) is 3.33. The van der Waals surface area contributed by atoms with Gasteiger partial charge in [-0.1, -0.05) is 29.8 Å². The molecule has 0 aliphatic carbocycles. The van der Waals surface area contributed by atoms with Crippen LogP contribution in [0.4, 0.5) is 0 Å². The Labute approximate surface area is 98.7 Å². The molecule has 0 bridgehead atoms. The lowest BCUT2D eigenvalue weighted by Crippen LogP contribution is -2.36. The topological polar surface area (TPSA) is 15.3 Å². The Morgan fingerprint density at radius 3 is 3.12 bits per heavy atom.